The Balaban J connectivity index is 2.19. The van der Waals surface area contributed by atoms with Gasteiger partial charge in [0.25, 0.3) is 0 Å². The Hall–Kier alpha value is -1.49. The van der Waals surface area contributed by atoms with Crippen molar-refractivity contribution in [3.8, 4) is 0 Å². The largest absolute Gasteiger partial charge is 0.417 e. The molecule has 1 atom stereocenters. The zero-order valence-corrected chi connectivity index (χ0v) is 11.5. The summed E-state index contributed by atoms with van der Waals surface area (Å²) < 4.78 is 39.6. The fourth-order valence-corrected chi connectivity index (χ4v) is 3.13. The van der Waals surface area contributed by atoms with Crippen LogP contribution >= 0.6 is 0 Å². The van der Waals surface area contributed by atoms with Crippen molar-refractivity contribution in [1.29, 1.82) is 0 Å². The summed E-state index contributed by atoms with van der Waals surface area (Å²) in [7, 11) is 3.96. The zero-order valence-electron chi connectivity index (χ0n) is 11.5. The SMILES string of the molecule is CN(C)C1CCc2[nH]c3cccc(C(F)(F)F)c3c2C1. The molecule has 108 valence electrons. The molecular weight excluding hydrogens is 265 g/mol. The molecule has 0 spiro atoms. The van der Waals surface area contributed by atoms with E-state index in [9.17, 15) is 13.2 Å². The number of H-pyrrole nitrogens is 1. The zero-order chi connectivity index (χ0) is 14.5. The van der Waals surface area contributed by atoms with E-state index in [1.807, 2.05) is 14.1 Å². The Morgan fingerprint density at radius 3 is 2.65 bits per heavy atom. The summed E-state index contributed by atoms with van der Waals surface area (Å²) in [5, 5.41) is 0.363. The molecule has 3 rings (SSSR count). The molecule has 1 aromatic carbocycles. The van der Waals surface area contributed by atoms with Crippen molar-refractivity contribution in [1.82, 2.24) is 9.88 Å². The second-order valence-electron chi connectivity index (χ2n) is 5.67. The van der Waals surface area contributed by atoms with E-state index in [1.54, 1.807) is 6.07 Å². The van der Waals surface area contributed by atoms with Crippen molar-refractivity contribution in [2.24, 2.45) is 0 Å². The van der Waals surface area contributed by atoms with Gasteiger partial charge in [0, 0.05) is 22.6 Å². The molecular formula is C15H17F3N2. The van der Waals surface area contributed by atoms with Crippen LogP contribution in [0.5, 0.6) is 0 Å². The van der Waals surface area contributed by atoms with Gasteiger partial charge in [-0.25, -0.2) is 0 Å². The molecule has 0 fully saturated rings. The van der Waals surface area contributed by atoms with Gasteiger partial charge in [0.1, 0.15) is 0 Å². The van der Waals surface area contributed by atoms with E-state index in [-0.39, 0.29) is 0 Å². The monoisotopic (exact) mass is 282 g/mol. The van der Waals surface area contributed by atoms with Gasteiger partial charge in [0.15, 0.2) is 0 Å². The van der Waals surface area contributed by atoms with Gasteiger partial charge in [-0.1, -0.05) is 6.07 Å². The molecule has 20 heavy (non-hydrogen) atoms. The number of hydrogen-bond donors (Lipinski definition) is 1. The minimum Gasteiger partial charge on any atom is -0.358 e. The van der Waals surface area contributed by atoms with Crippen molar-refractivity contribution in [3.05, 3.63) is 35.0 Å². The first kappa shape index (κ1) is 13.5. The van der Waals surface area contributed by atoms with Gasteiger partial charge < -0.3 is 9.88 Å². The number of benzene rings is 1. The summed E-state index contributed by atoms with van der Waals surface area (Å²) in [4.78, 5) is 5.26. The smallest absolute Gasteiger partial charge is 0.358 e. The third kappa shape index (κ3) is 2.10. The van der Waals surface area contributed by atoms with E-state index >= 15 is 0 Å². The maximum Gasteiger partial charge on any atom is 0.417 e. The molecule has 1 unspecified atom stereocenters. The number of aromatic amines is 1. The first-order chi connectivity index (χ1) is 9.38. The lowest BCUT2D eigenvalue weighted by Gasteiger charge is -2.28. The van der Waals surface area contributed by atoms with Gasteiger partial charge in [0.05, 0.1) is 5.56 Å². The van der Waals surface area contributed by atoms with Crippen LogP contribution in [0.15, 0.2) is 18.2 Å². The molecule has 1 aliphatic rings. The van der Waals surface area contributed by atoms with Gasteiger partial charge in [-0.05, 0) is 51.1 Å². The molecule has 0 bridgehead atoms. The van der Waals surface area contributed by atoms with Crippen molar-refractivity contribution >= 4 is 10.9 Å². The molecule has 0 amide bonds. The molecule has 2 aromatic rings. The van der Waals surface area contributed by atoms with Gasteiger partial charge in [-0.3, -0.25) is 0 Å². The molecule has 5 heteroatoms. The van der Waals surface area contributed by atoms with Gasteiger partial charge >= 0.3 is 6.18 Å². The van der Waals surface area contributed by atoms with Crippen LogP contribution in [0.3, 0.4) is 0 Å². The first-order valence-electron chi connectivity index (χ1n) is 6.74. The second kappa shape index (κ2) is 4.52. The number of halogens is 3. The summed E-state index contributed by atoms with van der Waals surface area (Å²) in [6.07, 6.45) is -1.84. The lowest BCUT2D eigenvalue weighted by Crippen LogP contribution is -2.33. The Labute approximate surface area is 115 Å². The number of rotatable bonds is 1. The van der Waals surface area contributed by atoms with Gasteiger partial charge in [0.2, 0.25) is 0 Å². The van der Waals surface area contributed by atoms with E-state index in [4.69, 9.17) is 0 Å². The average molecular weight is 282 g/mol. The van der Waals surface area contributed by atoms with Crippen LogP contribution < -0.4 is 0 Å². The number of nitrogens with zero attached hydrogens (tertiary/aromatic N) is 1. The number of hydrogen-bond acceptors (Lipinski definition) is 1. The van der Waals surface area contributed by atoms with Crippen LogP contribution in [0, 0.1) is 0 Å². The van der Waals surface area contributed by atoms with Crippen molar-refractivity contribution in [3.63, 3.8) is 0 Å². The van der Waals surface area contributed by atoms with Crippen molar-refractivity contribution in [2.45, 2.75) is 31.5 Å². The number of likely N-dealkylation sites (N-methyl/N-ethyl adjacent to an activating group) is 1. The van der Waals surface area contributed by atoms with E-state index in [2.05, 4.69) is 9.88 Å². The highest BCUT2D eigenvalue weighted by Crippen LogP contribution is 2.39. The van der Waals surface area contributed by atoms with E-state index in [0.717, 1.165) is 24.1 Å². The molecule has 1 N–H and O–H groups in total. The maximum absolute atomic E-state index is 13.2. The van der Waals surface area contributed by atoms with Crippen molar-refractivity contribution in [2.75, 3.05) is 14.1 Å². The molecule has 1 heterocycles. The predicted octanol–water partition coefficient (Wildman–Crippen LogP) is 3.61. The standard InChI is InChI=1S/C15H17F3N2/c1-20(2)9-6-7-12-10(8-9)14-11(15(16,17)18)4-3-5-13(14)19-12/h3-5,9,19H,6-8H2,1-2H3. The topological polar surface area (TPSA) is 19.0 Å². The summed E-state index contributed by atoms with van der Waals surface area (Å²) in [6, 6.07) is 4.68. The molecule has 0 saturated carbocycles. The van der Waals surface area contributed by atoms with Gasteiger partial charge in [-0.15, -0.1) is 0 Å². The Morgan fingerprint density at radius 2 is 2.00 bits per heavy atom. The summed E-state index contributed by atoms with van der Waals surface area (Å²) in [6.45, 7) is 0. The van der Waals surface area contributed by atoms with E-state index < -0.39 is 11.7 Å². The lowest BCUT2D eigenvalue weighted by atomic mass is 9.89. The molecule has 1 aromatic heterocycles. The lowest BCUT2D eigenvalue weighted by molar-refractivity contribution is -0.136. The van der Waals surface area contributed by atoms with Crippen LogP contribution in [-0.2, 0) is 19.0 Å². The minimum atomic E-state index is -4.31. The summed E-state index contributed by atoms with van der Waals surface area (Å²) in [5.41, 5.74) is 1.89. The van der Waals surface area contributed by atoms with Crippen LogP contribution in [0.25, 0.3) is 10.9 Å². The molecule has 1 aliphatic carbocycles. The van der Waals surface area contributed by atoms with Gasteiger partial charge in [-0.2, -0.15) is 13.2 Å². The number of aromatic nitrogens is 1. The predicted molar refractivity (Wildman–Crippen MR) is 72.8 cm³/mol. The Morgan fingerprint density at radius 1 is 1.25 bits per heavy atom. The molecule has 0 radical (unpaired) electrons. The van der Waals surface area contributed by atoms with Crippen LogP contribution in [0.4, 0.5) is 13.2 Å². The highest BCUT2D eigenvalue weighted by molar-refractivity contribution is 5.88. The normalized spacial score (nSPS) is 19.6. The maximum atomic E-state index is 13.2. The third-order valence-electron chi connectivity index (χ3n) is 4.22. The molecule has 0 aliphatic heterocycles. The number of aryl methyl sites for hydroxylation is 1. The first-order valence-corrected chi connectivity index (χ1v) is 6.74. The Kier molecular flexibility index (Phi) is 3.05. The summed E-state index contributed by atoms with van der Waals surface area (Å²) in [5.74, 6) is 0. The minimum absolute atomic E-state index is 0.308. The van der Waals surface area contributed by atoms with Crippen molar-refractivity contribution < 1.29 is 13.2 Å². The molecule has 2 nitrogen and oxygen atoms in total. The summed E-state index contributed by atoms with van der Waals surface area (Å²) >= 11 is 0. The van der Waals surface area contributed by atoms with E-state index in [0.29, 0.717) is 23.4 Å². The number of nitrogens with one attached hydrogen (secondary N) is 1. The highest BCUT2D eigenvalue weighted by Gasteiger charge is 2.35. The second-order valence-corrected chi connectivity index (χ2v) is 5.67. The fourth-order valence-electron chi connectivity index (χ4n) is 3.13. The van der Waals surface area contributed by atoms with E-state index in [1.165, 1.54) is 12.1 Å². The fraction of sp³-hybridized carbons (Fsp3) is 0.467. The average Bonchev–Trinajstić information content (AvgIpc) is 2.74. The molecule has 0 saturated heterocycles. The third-order valence-corrected chi connectivity index (χ3v) is 4.22. The number of alkyl halides is 3. The highest BCUT2D eigenvalue weighted by atomic mass is 19.4. The number of fused-ring (bicyclic) bond motifs is 3. The van der Waals surface area contributed by atoms with Crippen LogP contribution in [0.1, 0.15) is 23.2 Å². The Bertz CT molecular complexity index is 640. The van der Waals surface area contributed by atoms with Crippen LogP contribution in [0.2, 0.25) is 0 Å². The van der Waals surface area contributed by atoms with Crippen LogP contribution in [-0.4, -0.2) is 30.0 Å². The quantitative estimate of drug-likeness (QED) is 0.846.